The van der Waals surface area contributed by atoms with E-state index < -0.39 is 10.0 Å². The summed E-state index contributed by atoms with van der Waals surface area (Å²) in [6, 6.07) is 5.10. The highest BCUT2D eigenvalue weighted by Gasteiger charge is 2.30. The Balaban J connectivity index is 1.38. The van der Waals surface area contributed by atoms with Crippen molar-refractivity contribution < 1.29 is 18.0 Å². The highest BCUT2D eigenvalue weighted by Crippen LogP contribution is 2.32. The van der Waals surface area contributed by atoms with Gasteiger partial charge in [-0.05, 0) is 61.8 Å². The number of rotatable bonds is 5. The number of carbonyl (C=O) groups excluding carboxylic acids is 2. The first-order valence-corrected chi connectivity index (χ1v) is 13.0. The molecule has 4 rings (SSSR count). The molecule has 2 saturated heterocycles. The summed E-state index contributed by atoms with van der Waals surface area (Å²) in [4.78, 5) is 29.2. The summed E-state index contributed by atoms with van der Waals surface area (Å²) in [5, 5.41) is 0. The molecule has 3 heterocycles. The average Bonchev–Trinajstić information content (AvgIpc) is 3.22. The minimum atomic E-state index is -3.48. The number of likely N-dealkylation sites (tertiary alicyclic amines) is 1. The van der Waals surface area contributed by atoms with Crippen LogP contribution in [-0.2, 0) is 26.0 Å². The van der Waals surface area contributed by atoms with E-state index in [1.165, 1.54) is 0 Å². The number of amides is 2. The van der Waals surface area contributed by atoms with E-state index in [0.717, 1.165) is 56.4 Å². The van der Waals surface area contributed by atoms with Crippen LogP contribution >= 0.6 is 0 Å². The summed E-state index contributed by atoms with van der Waals surface area (Å²) in [5.74, 6) is 0.655. The topological polar surface area (TPSA) is 78.0 Å². The van der Waals surface area contributed by atoms with Crippen molar-refractivity contribution in [3.63, 3.8) is 0 Å². The van der Waals surface area contributed by atoms with E-state index in [9.17, 15) is 18.0 Å². The third-order valence-electron chi connectivity index (χ3n) is 6.89. The minimum Gasteiger partial charge on any atom is -0.343 e. The van der Waals surface area contributed by atoms with Gasteiger partial charge in [0.1, 0.15) is 0 Å². The number of benzene rings is 1. The predicted octanol–water partition coefficient (Wildman–Crippen LogP) is 2.79. The zero-order valence-electron chi connectivity index (χ0n) is 18.4. The van der Waals surface area contributed by atoms with Crippen molar-refractivity contribution in [2.45, 2.75) is 63.2 Å². The van der Waals surface area contributed by atoms with Crippen LogP contribution in [0.15, 0.2) is 23.1 Å². The van der Waals surface area contributed by atoms with Crippen molar-refractivity contribution in [1.82, 2.24) is 9.21 Å². The van der Waals surface area contributed by atoms with Gasteiger partial charge in [-0.1, -0.05) is 13.3 Å². The lowest BCUT2D eigenvalue weighted by Gasteiger charge is -2.30. The zero-order valence-corrected chi connectivity index (χ0v) is 19.2. The van der Waals surface area contributed by atoms with Crippen molar-refractivity contribution in [3.05, 3.63) is 23.8 Å². The Morgan fingerprint density at radius 3 is 2.32 bits per heavy atom. The average molecular weight is 448 g/mol. The van der Waals surface area contributed by atoms with Crippen molar-refractivity contribution in [2.24, 2.45) is 5.92 Å². The van der Waals surface area contributed by atoms with Gasteiger partial charge in [0, 0.05) is 51.3 Å². The van der Waals surface area contributed by atoms with E-state index in [0.29, 0.717) is 36.9 Å². The monoisotopic (exact) mass is 447 g/mol. The molecular formula is C23H33N3O4S. The molecule has 170 valence electrons. The summed E-state index contributed by atoms with van der Waals surface area (Å²) < 4.78 is 27.5. The van der Waals surface area contributed by atoms with E-state index in [4.69, 9.17) is 0 Å². The molecule has 0 unspecified atom stereocenters. The molecule has 0 aromatic heterocycles. The number of hydrogen-bond acceptors (Lipinski definition) is 4. The maximum absolute atomic E-state index is 13.0. The molecule has 0 bridgehead atoms. The Labute approximate surface area is 185 Å². The maximum Gasteiger partial charge on any atom is 0.243 e. The van der Waals surface area contributed by atoms with Gasteiger partial charge >= 0.3 is 0 Å². The molecule has 8 heteroatoms. The van der Waals surface area contributed by atoms with Gasteiger partial charge in [0.15, 0.2) is 0 Å². The molecule has 0 aliphatic carbocycles. The quantitative estimate of drug-likeness (QED) is 0.695. The second-order valence-corrected chi connectivity index (χ2v) is 11.1. The Morgan fingerprint density at radius 1 is 0.935 bits per heavy atom. The Morgan fingerprint density at radius 2 is 1.61 bits per heavy atom. The van der Waals surface area contributed by atoms with Gasteiger partial charge < -0.3 is 9.80 Å². The normalized spacial score (nSPS) is 20.7. The fourth-order valence-corrected chi connectivity index (χ4v) is 6.39. The zero-order chi connectivity index (χ0) is 22.0. The van der Waals surface area contributed by atoms with Crippen molar-refractivity contribution in [2.75, 3.05) is 37.6 Å². The van der Waals surface area contributed by atoms with Gasteiger partial charge in [0.05, 0.1) is 4.90 Å². The number of carbonyl (C=O) groups is 2. The highest BCUT2D eigenvalue weighted by molar-refractivity contribution is 7.89. The van der Waals surface area contributed by atoms with Crippen LogP contribution in [0.2, 0.25) is 0 Å². The van der Waals surface area contributed by atoms with Crippen molar-refractivity contribution in [1.29, 1.82) is 0 Å². The van der Waals surface area contributed by atoms with E-state index in [1.54, 1.807) is 27.4 Å². The van der Waals surface area contributed by atoms with Crippen LogP contribution in [0, 0.1) is 5.92 Å². The number of piperidine rings is 2. The van der Waals surface area contributed by atoms with E-state index >= 15 is 0 Å². The second kappa shape index (κ2) is 9.28. The molecule has 31 heavy (non-hydrogen) atoms. The highest BCUT2D eigenvalue weighted by atomic mass is 32.2. The third-order valence-corrected chi connectivity index (χ3v) is 8.78. The van der Waals surface area contributed by atoms with Gasteiger partial charge in [-0.25, -0.2) is 8.42 Å². The van der Waals surface area contributed by atoms with Gasteiger partial charge in [0.2, 0.25) is 21.8 Å². The van der Waals surface area contributed by atoms with Crippen LogP contribution in [0.3, 0.4) is 0 Å². The summed E-state index contributed by atoms with van der Waals surface area (Å²) in [6.45, 7) is 5.47. The van der Waals surface area contributed by atoms with Crippen molar-refractivity contribution in [3.8, 4) is 0 Å². The van der Waals surface area contributed by atoms with Crippen LogP contribution in [0.25, 0.3) is 0 Å². The van der Waals surface area contributed by atoms with Gasteiger partial charge in [-0.15, -0.1) is 0 Å². The maximum atomic E-state index is 13.0. The summed E-state index contributed by atoms with van der Waals surface area (Å²) in [5.41, 5.74) is 1.67. The fraction of sp³-hybridized carbons (Fsp3) is 0.652. The number of nitrogens with zero attached hydrogens (tertiary/aromatic N) is 3. The lowest BCUT2D eigenvalue weighted by molar-refractivity contribution is -0.134. The first-order chi connectivity index (χ1) is 14.9. The number of fused-ring (bicyclic) bond motifs is 1. The first kappa shape index (κ1) is 22.3. The fourth-order valence-electron chi connectivity index (χ4n) is 4.82. The Hall–Kier alpha value is -1.93. The molecule has 1 aromatic carbocycles. The smallest absolute Gasteiger partial charge is 0.243 e. The van der Waals surface area contributed by atoms with Crippen LogP contribution in [0.4, 0.5) is 5.69 Å². The SMILES string of the molecule is CC1CCN(C(=O)CCC(=O)N2CCc3cc(S(=O)(=O)N4CCCCC4)ccc32)CC1. The molecule has 0 saturated carbocycles. The predicted molar refractivity (Wildman–Crippen MR) is 119 cm³/mol. The van der Waals surface area contributed by atoms with Crippen LogP contribution in [0.5, 0.6) is 0 Å². The summed E-state index contributed by atoms with van der Waals surface area (Å²) in [6.07, 6.45) is 6.01. The van der Waals surface area contributed by atoms with E-state index in [1.807, 2.05) is 4.90 Å². The molecule has 0 radical (unpaired) electrons. The van der Waals surface area contributed by atoms with Gasteiger partial charge in [-0.3, -0.25) is 9.59 Å². The molecule has 7 nitrogen and oxygen atoms in total. The number of sulfonamides is 1. The minimum absolute atomic E-state index is 0.0580. The van der Waals surface area contributed by atoms with Crippen LogP contribution in [-0.4, -0.2) is 62.2 Å². The molecule has 3 aliphatic heterocycles. The molecule has 1 aromatic rings. The largest absolute Gasteiger partial charge is 0.343 e. The van der Waals surface area contributed by atoms with Crippen LogP contribution in [0.1, 0.15) is 57.4 Å². The van der Waals surface area contributed by atoms with Gasteiger partial charge in [-0.2, -0.15) is 4.31 Å². The second-order valence-electron chi connectivity index (χ2n) is 9.11. The number of anilines is 1. The van der Waals surface area contributed by atoms with E-state index in [2.05, 4.69) is 6.92 Å². The Kier molecular flexibility index (Phi) is 6.67. The third kappa shape index (κ3) is 4.80. The standard InChI is InChI=1S/C23H33N3O4S/c1-18-9-14-24(15-10-18)22(27)7-8-23(28)26-16-11-19-17-20(5-6-21(19)26)31(29,30)25-12-3-2-4-13-25/h5-6,17-18H,2-4,7-16H2,1H3. The lowest BCUT2D eigenvalue weighted by atomic mass is 9.99. The molecule has 2 fully saturated rings. The van der Waals surface area contributed by atoms with Crippen LogP contribution < -0.4 is 4.90 Å². The molecule has 0 N–H and O–H groups in total. The summed E-state index contributed by atoms with van der Waals surface area (Å²) >= 11 is 0. The molecule has 0 spiro atoms. The summed E-state index contributed by atoms with van der Waals surface area (Å²) in [7, 11) is -3.48. The first-order valence-electron chi connectivity index (χ1n) is 11.6. The Bertz CT molecular complexity index is 932. The molecule has 2 amide bonds. The molecule has 3 aliphatic rings. The lowest BCUT2D eigenvalue weighted by Crippen LogP contribution is -2.38. The number of hydrogen-bond donors (Lipinski definition) is 0. The molecular weight excluding hydrogens is 414 g/mol. The van der Waals surface area contributed by atoms with E-state index in [-0.39, 0.29) is 24.7 Å². The van der Waals surface area contributed by atoms with Crippen molar-refractivity contribution >= 4 is 27.5 Å². The molecule has 0 atom stereocenters. The van der Waals surface area contributed by atoms with Gasteiger partial charge in [0.25, 0.3) is 0 Å².